The van der Waals surface area contributed by atoms with Crippen LogP contribution in [-0.4, -0.2) is 31.1 Å². The van der Waals surface area contributed by atoms with Gasteiger partial charge in [-0.1, -0.05) is 66.7 Å². The van der Waals surface area contributed by atoms with Crippen molar-refractivity contribution >= 4 is 23.5 Å². The monoisotopic (exact) mass is 410 g/mol. The smallest absolute Gasteiger partial charge is 0.358 e. The van der Waals surface area contributed by atoms with Crippen LogP contribution in [0.2, 0.25) is 0 Å². The molecule has 0 aromatic heterocycles. The highest BCUT2D eigenvalue weighted by molar-refractivity contribution is 6.42. The Bertz CT molecular complexity index is 1140. The van der Waals surface area contributed by atoms with Gasteiger partial charge in [0, 0.05) is 11.1 Å². The molecule has 3 aromatic rings. The number of hydrogen-bond donors (Lipinski definition) is 0. The second kappa shape index (κ2) is 9.22. The van der Waals surface area contributed by atoms with Crippen LogP contribution in [0.1, 0.15) is 23.6 Å². The predicted molar refractivity (Wildman–Crippen MR) is 124 cm³/mol. The topological polar surface area (TPSA) is 60.2 Å². The standard InChI is InChI=1S/C26H22N2O3/c1-3-31-19-15-12-18(13-16-19)14-17-24(26(29)30-2)27-28-25-22-10-6-4-8-20(22)21-9-5-7-11-23(21)25/h4-17H,3H2,1-2H3/b17-14+,27-24+. The van der Waals surface area contributed by atoms with Crippen LogP contribution >= 0.6 is 0 Å². The van der Waals surface area contributed by atoms with Crippen molar-refractivity contribution in [1.29, 1.82) is 0 Å². The third kappa shape index (κ3) is 4.31. The van der Waals surface area contributed by atoms with Crippen LogP contribution in [0.15, 0.2) is 89.1 Å². The normalized spacial score (nSPS) is 12.5. The molecule has 0 bridgehead atoms. The van der Waals surface area contributed by atoms with Gasteiger partial charge in [-0.3, -0.25) is 0 Å². The highest BCUT2D eigenvalue weighted by Gasteiger charge is 2.24. The third-order valence-corrected chi connectivity index (χ3v) is 4.93. The van der Waals surface area contributed by atoms with Gasteiger partial charge in [0.1, 0.15) is 11.5 Å². The molecule has 0 atom stereocenters. The SMILES string of the molecule is CCOc1ccc(/C=C/C(=N\N=C2c3ccccc3-c3ccccc32)C(=O)OC)cc1. The van der Waals surface area contributed by atoms with Crippen LogP contribution in [0.3, 0.4) is 0 Å². The van der Waals surface area contributed by atoms with Crippen molar-refractivity contribution < 1.29 is 14.3 Å². The third-order valence-electron chi connectivity index (χ3n) is 4.93. The van der Waals surface area contributed by atoms with E-state index < -0.39 is 5.97 Å². The maximum atomic E-state index is 12.3. The van der Waals surface area contributed by atoms with Crippen molar-refractivity contribution in [2.24, 2.45) is 10.2 Å². The quantitative estimate of drug-likeness (QED) is 0.251. The summed E-state index contributed by atoms with van der Waals surface area (Å²) in [5.74, 6) is 0.248. The van der Waals surface area contributed by atoms with E-state index in [0.717, 1.165) is 39.3 Å². The number of rotatable bonds is 6. The molecule has 0 spiro atoms. The number of fused-ring (bicyclic) bond motifs is 3. The molecule has 0 heterocycles. The lowest BCUT2D eigenvalue weighted by Gasteiger charge is -2.03. The fraction of sp³-hybridized carbons (Fsp3) is 0.115. The lowest BCUT2D eigenvalue weighted by atomic mass is 10.1. The van der Waals surface area contributed by atoms with Gasteiger partial charge in [-0.15, -0.1) is 10.2 Å². The van der Waals surface area contributed by atoms with E-state index in [-0.39, 0.29) is 5.71 Å². The largest absolute Gasteiger partial charge is 0.494 e. The summed E-state index contributed by atoms with van der Waals surface area (Å²) in [5.41, 5.74) is 5.96. The maximum absolute atomic E-state index is 12.3. The highest BCUT2D eigenvalue weighted by Crippen LogP contribution is 2.36. The molecule has 0 saturated carbocycles. The van der Waals surface area contributed by atoms with E-state index in [0.29, 0.717) is 6.61 Å². The molecule has 5 heteroatoms. The van der Waals surface area contributed by atoms with Gasteiger partial charge >= 0.3 is 5.97 Å². The summed E-state index contributed by atoms with van der Waals surface area (Å²) in [7, 11) is 1.33. The van der Waals surface area contributed by atoms with Crippen LogP contribution in [-0.2, 0) is 9.53 Å². The number of nitrogens with zero attached hydrogens (tertiary/aromatic N) is 2. The summed E-state index contributed by atoms with van der Waals surface area (Å²) < 4.78 is 10.4. The number of benzene rings is 3. The minimum Gasteiger partial charge on any atom is -0.494 e. The van der Waals surface area contributed by atoms with E-state index in [1.807, 2.05) is 67.6 Å². The second-order valence-corrected chi connectivity index (χ2v) is 6.85. The first kappa shape index (κ1) is 20.3. The van der Waals surface area contributed by atoms with Gasteiger partial charge in [0.25, 0.3) is 0 Å². The molecule has 0 fully saturated rings. The number of hydrogen-bond acceptors (Lipinski definition) is 5. The molecule has 0 aliphatic heterocycles. The fourth-order valence-electron chi connectivity index (χ4n) is 3.47. The molecule has 0 saturated heterocycles. The zero-order valence-electron chi connectivity index (χ0n) is 17.4. The lowest BCUT2D eigenvalue weighted by molar-refractivity contribution is -0.132. The van der Waals surface area contributed by atoms with E-state index in [1.165, 1.54) is 7.11 Å². The van der Waals surface area contributed by atoms with Crippen LogP contribution in [0.5, 0.6) is 5.75 Å². The number of carbonyl (C=O) groups is 1. The van der Waals surface area contributed by atoms with Crippen LogP contribution in [0, 0.1) is 0 Å². The van der Waals surface area contributed by atoms with Crippen molar-refractivity contribution in [3.8, 4) is 16.9 Å². The van der Waals surface area contributed by atoms with E-state index in [9.17, 15) is 4.79 Å². The van der Waals surface area contributed by atoms with Gasteiger partial charge in [0.15, 0.2) is 5.71 Å². The number of carbonyl (C=O) groups excluding carboxylic acids is 1. The van der Waals surface area contributed by atoms with Crippen molar-refractivity contribution in [2.75, 3.05) is 13.7 Å². The summed E-state index contributed by atoms with van der Waals surface area (Å²) in [6.45, 7) is 2.55. The molecule has 1 aliphatic carbocycles. The van der Waals surface area contributed by atoms with Crippen molar-refractivity contribution in [3.05, 3.63) is 95.6 Å². The molecular weight excluding hydrogens is 388 g/mol. The minimum absolute atomic E-state index is 0.116. The highest BCUT2D eigenvalue weighted by atomic mass is 16.5. The number of methoxy groups -OCH3 is 1. The Morgan fingerprint density at radius 2 is 1.45 bits per heavy atom. The van der Waals surface area contributed by atoms with Crippen molar-refractivity contribution in [1.82, 2.24) is 0 Å². The first-order valence-electron chi connectivity index (χ1n) is 10.1. The average Bonchev–Trinajstić information content (AvgIpc) is 3.14. The maximum Gasteiger partial charge on any atom is 0.358 e. The molecule has 5 nitrogen and oxygen atoms in total. The van der Waals surface area contributed by atoms with Crippen LogP contribution in [0.25, 0.3) is 17.2 Å². The predicted octanol–water partition coefficient (Wildman–Crippen LogP) is 5.15. The van der Waals surface area contributed by atoms with Crippen molar-refractivity contribution in [3.63, 3.8) is 0 Å². The van der Waals surface area contributed by atoms with Gasteiger partial charge in [0.05, 0.1) is 13.7 Å². The summed E-state index contributed by atoms with van der Waals surface area (Å²) in [6, 6.07) is 23.7. The van der Waals surface area contributed by atoms with E-state index in [2.05, 4.69) is 22.3 Å². The molecule has 154 valence electrons. The summed E-state index contributed by atoms with van der Waals surface area (Å²) in [4.78, 5) is 12.3. The average molecular weight is 410 g/mol. The summed E-state index contributed by atoms with van der Waals surface area (Å²) in [5, 5.41) is 8.71. The van der Waals surface area contributed by atoms with Gasteiger partial charge in [-0.25, -0.2) is 4.79 Å². The Morgan fingerprint density at radius 1 is 0.871 bits per heavy atom. The Labute approximate surface area is 181 Å². The van der Waals surface area contributed by atoms with E-state index in [4.69, 9.17) is 9.47 Å². The molecule has 3 aromatic carbocycles. The molecule has 31 heavy (non-hydrogen) atoms. The molecular formula is C26H22N2O3. The zero-order chi connectivity index (χ0) is 21.6. The number of ether oxygens (including phenoxy) is 2. The first-order chi connectivity index (χ1) is 15.2. The van der Waals surface area contributed by atoms with Crippen molar-refractivity contribution in [2.45, 2.75) is 6.92 Å². The van der Waals surface area contributed by atoms with Gasteiger partial charge < -0.3 is 9.47 Å². The Hall–Kier alpha value is -3.99. The molecule has 0 amide bonds. The van der Waals surface area contributed by atoms with E-state index >= 15 is 0 Å². The first-order valence-corrected chi connectivity index (χ1v) is 10.1. The van der Waals surface area contributed by atoms with Crippen LogP contribution in [0.4, 0.5) is 0 Å². The Balaban J connectivity index is 1.68. The Morgan fingerprint density at radius 3 is 2.00 bits per heavy atom. The lowest BCUT2D eigenvalue weighted by Crippen LogP contribution is -2.13. The molecule has 0 unspecified atom stereocenters. The summed E-state index contributed by atoms with van der Waals surface area (Å²) >= 11 is 0. The molecule has 1 aliphatic rings. The number of esters is 1. The zero-order valence-corrected chi connectivity index (χ0v) is 17.4. The molecule has 0 radical (unpaired) electrons. The molecule has 0 N–H and O–H groups in total. The van der Waals surface area contributed by atoms with Gasteiger partial charge in [-0.2, -0.15) is 0 Å². The molecule has 4 rings (SSSR count). The van der Waals surface area contributed by atoms with Gasteiger partial charge in [-0.05, 0) is 41.8 Å². The minimum atomic E-state index is -0.550. The van der Waals surface area contributed by atoms with Gasteiger partial charge in [0.2, 0.25) is 0 Å². The summed E-state index contributed by atoms with van der Waals surface area (Å²) in [6.07, 6.45) is 3.40. The fourth-order valence-corrected chi connectivity index (χ4v) is 3.47. The second-order valence-electron chi connectivity index (χ2n) is 6.85. The van der Waals surface area contributed by atoms with Crippen LogP contribution < -0.4 is 4.74 Å². The van der Waals surface area contributed by atoms with E-state index in [1.54, 1.807) is 12.2 Å². The Kier molecular flexibility index (Phi) is 6.03.